The van der Waals surface area contributed by atoms with Gasteiger partial charge in [-0.15, -0.1) is 23.2 Å². The Kier molecular flexibility index (Phi) is 40.4. The fraction of sp³-hybridized carbons (Fsp3) is 0.917. The molecule has 0 radical (unpaired) electrons. The predicted molar refractivity (Wildman–Crippen MR) is 108 cm³/mol. The quantitative estimate of drug-likeness (QED) is 0.332. The van der Waals surface area contributed by atoms with Gasteiger partial charge in [0.25, 0.3) is 3.25 Å². The molecule has 0 amide bonds. The first-order chi connectivity index (χ1) is 10.1. The number of rotatable bonds is 1. The summed E-state index contributed by atoms with van der Waals surface area (Å²) >= 11 is 43.8. The van der Waals surface area contributed by atoms with Gasteiger partial charge in [-0.1, -0.05) is 120 Å². The van der Waals surface area contributed by atoms with Crippen LogP contribution in [0.5, 0.6) is 0 Å². The molecule has 1 aliphatic rings. The molecule has 0 aromatic rings. The average molecular weight is 497 g/mol. The van der Waals surface area contributed by atoms with Crippen LogP contribution in [0.4, 0.5) is 0 Å². The number of halogens is 9. The summed E-state index contributed by atoms with van der Waals surface area (Å²) in [6, 6.07) is 1.75. The Morgan fingerprint density at radius 3 is 0.955 bits per heavy atom. The summed E-state index contributed by atoms with van der Waals surface area (Å²) in [7, 11) is 0. The highest BCUT2D eigenvalue weighted by Crippen LogP contribution is 2.29. The van der Waals surface area contributed by atoms with Crippen LogP contribution in [0.25, 0.3) is 0 Å². The normalized spacial score (nSPS) is 12.6. The number of nitriles is 1. The molecule has 0 aromatic heterocycles. The zero-order valence-corrected chi connectivity index (χ0v) is 18.9. The summed E-state index contributed by atoms with van der Waals surface area (Å²) < 4.78 is -2.36. The van der Waals surface area contributed by atoms with Gasteiger partial charge in [-0.3, -0.25) is 0 Å². The smallest absolute Gasteiger partial charge is 0.199 e. The molecular formula is C12H20Cl9N. The van der Waals surface area contributed by atoms with Crippen molar-refractivity contribution in [2.75, 3.05) is 11.8 Å². The van der Waals surface area contributed by atoms with Crippen molar-refractivity contribution >= 4 is 104 Å². The molecule has 0 bridgehead atoms. The van der Waals surface area contributed by atoms with Crippen molar-refractivity contribution in [3.8, 4) is 6.07 Å². The van der Waals surface area contributed by atoms with Gasteiger partial charge in [0.1, 0.15) is 0 Å². The summed E-state index contributed by atoms with van der Waals surface area (Å²) in [5.41, 5.74) is 0. The Balaban J connectivity index is -0.0000000944. The fourth-order valence-corrected chi connectivity index (χ4v) is 1.06. The van der Waals surface area contributed by atoms with Crippen molar-refractivity contribution < 1.29 is 0 Å². The van der Waals surface area contributed by atoms with Crippen molar-refractivity contribution in [2.24, 2.45) is 0 Å². The Morgan fingerprint density at radius 1 is 0.818 bits per heavy atom. The Labute approximate surface area is 179 Å². The lowest BCUT2D eigenvalue weighted by Crippen LogP contribution is -1.85. The van der Waals surface area contributed by atoms with Gasteiger partial charge in [-0.2, -0.15) is 5.26 Å². The Hall–Kier alpha value is 2.10. The number of hydrogen-bond acceptors (Lipinski definition) is 1. The second kappa shape index (κ2) is 27.9. The van der Waals surface area contributed by atoms with E-state index in [9.17, 15) is 0 Å². The van der Waals surface area contributed by atoms with Crippen LogP contribution in [0, 0.1) is 11.3 Å². The van der Waals surface area contributed by atoms with Gasteiger partial charge < -0.3 is 0 Å². The molecule has 0 heterocycles. The van der Waals surface area contributed by atoms with Gasteiger partial charge >= 0.3 is 0 Å². The minimum atomic E-state index is -1.61. The topological polar surface area (TPSA) is 23.8 Å². The molecule has 1 rings (SSSR count). The first kappa shape index (κ1) is 31.8. The van der Waals surface area contributed by atoms with Crippen LogP contribution in [-0.4, -0.2) is 19.3 Å². The molecule has 136 valence electrons. The molecule has 22 heavy (non-hydrogen) atoms. The number of alkyl halides is 9. The molecule has 10 heteroatoms. The molecule has 0 N–H and O–H groups in total. The molecule has 1 aliphatic carbocycles. The summed E-state index contributed by atoms with van der Waals surface area (Å²) in [6.07, 6.45) is 9.00. The van der Waals surface area contributed by atoms with Gasteiger partial charge in [-0.05, 0) is 0 Å². The van der Waals surface area contributed by atoms with Gasteiger partial charge in [0, 0.05) is 18.7 Å². The summed E-state index contributed by atoms with van der Waals surface area (Å²) in [4.78, 5) is 0. The van der Waals surface area contributed by atoms with E-state index in [0.717, 1.165) is 0 Å². The summed E-state index contributed by atoms with van der Waals surface area (Å²) in [5, 5.41) is 7.32. The van der Waals surface area contributed by atoms with Crippen LogP contribution in [0.3, 0.4) is 0 Å². The highest BCUT2D eigenvalue weighted by Gasteiger charge is 2.11. The highest BCUT2D eigenvalue weighted by atomic mass is 35.6. The van der Waals surface area contributed by atoms with Crippen LogP contribution in [0.1, 0.15) is 45.4 Å². The maximum Gasteiger partial charge on any atom is 0.266 e. The molecule has 0 atom stereocenters. The van der Waals surface area contributed by atoms with E-state index in [1.54, 1.807) is 6.07 Å². The Morgan fingerprint density at radius 2 is 0.909 bits per heavy atom. The van der Waals surface area contributed by atoms with Gasteiger partial charge in [0.15, 0.2) is 4.30 Å². The highest BCUT2D eigenvalue weighted by molar-refractivity contribution is 6.83. The standard InChI is InChI=1S/C6H12.C2H4Cl2.C2H3N.CCl4.CHCl3/c1-2-4-6-5-3-1;3-1-2-4;1-2-3;2-1(3,4)5;2-1(3)4/h1-6H2;1-2H2;1H3;;1H. The zero-order valence-electron chi connectivity index (χ0n) is 12.1. The van der Waals surface area contributed by atoms with Gasteiger partial charge in [-0.25, -0.2) is 0 Å². The molecule has 1 saturated carbocycles. The number of hydrogen-bond donors (Lipinski definition) is 0. The van der Waals surface area contributed by atoms with Crippen LogP contribution in [0.2, 0.25) is 0 Å². The summed E-state index contributed by atoms with van der Waals surface area (Å²) in [6.45, 7) is 1.43. The van der Waals surface area contributed by atoms with E-state index >= 15 is 0 Å². The fourth-order valence-electron chi connectivity index (χ4n) is 1.06. The van der Waals surface area contributed by atoms with E-state index in [2.05, 4.69) is 0 Å². The molecule has 1 fully saturated rings. The molecule has 1 nitrogen and oxygen atoms in total. The lowest BCUT2D eigenvalue weighted by molar-refractivity contribution is 0.504. The van der Waals surface area contributed by atoms with Crippen molar-refractivity contribution in [3.05, 3.63) is 0 Å². The minimum absolute atomic E-state index is 0.557. The van der Waals surface area contributed by atoms with E-state index in [0.29, 0.717) is 11.8 Å². The molecular weight excluding hydrogens is 477 g/mol. The van der Waals surface area contributed by atoms with Gasteiger partial charge in [0.2, 0.25) is 0 Å². The third-order valence-electron chi connectivity index (χ3n) is 1.57. The van der Waals surface area contributed by atoms with Crippen LogP contribution >= 0.6 is 104 Å². The van der Waals surface area contributed by atoms with E-state index in [4.69, 9.17) is 110 Å². The summed E-state index contributed by atoms with van der Waals surface area (Å²) in [5.74, 6) is 1.11. The second-order valence-corrected chi connectivity index (χ2v) is 9.56. The molecule has 0 aromatic carbocycles. The molecule has 0 saturated heterocycles. The lowest BCUT2D eigenvalue weighted by atomic mass is 10.0. The SMILES string of the molecule is C1CCCCC1.CC#N.ClC(Cl)(Cl)Cl.ClC(Cl)Cl.ClCCCl. The third kappa shape index (κ3) is 119. The molecule has 0 spiro atoms. The first-order valence-corrected chi connectivity index (χ1v) is 10.1. The average Bonchev–Trinajstić information content (AvgIpc) is 2.39. The molecule has 0 aliphatic heterocycles. The first-order valence-electron chi connectivity index (χ1n) is 6.17. The predicted octanol–water partition coefficient (Wildman–Crippen LogP) is 8.87. The van der Waals surface area contributed by atoms with Crippen molar-refractivity contribution in [1.29, 1.82) is 5.26 Å². The van der Waals surface area contributed by atoms with Crippen molar-refractivity contribution in [1.82, 2.24) is 0 Å². The maximum absolute atomic E-state index is 7.32. The van der Waals surface area contributed by atoms with E-state index < -0.39 is 7.55 Å². The van der Waals surface area contributed by atoms with Crippen LogP contribution in [0.15, 0.2) is 0 Å². The van der Waals surface area contributed by atoms with E-state index in [1.807, 2.05) is 0 Å². The van der Waals surface area contributed by atoms with Crippen molar-refractivity contribution in [3.63, 3.8) is 0 Å². The van der Waals surface area contributed by atoms with Crippen LogP contribution < -0.4 is 0 Å². The molecule has 0 unspecified atom stereocenters. The second-order valence-electron chi connectivity index (χ2n) is 3.40. The Bertz CT molecular complexity index is 187. The lowest BCUT2D eigenvalue weighted by Gasteiger charge is -2.05. The van der Waals surface area contributed by atoms with Crippen LogP contribution in [-0.2, 0) is 0 Å². The van der Waals surface area contributed by atoms with Gasteiger partial charge in [0.05, 0.1) is 6.07 Å². The maximum atomic E-state index is 7.32. The largest absolute Gasteiger partial charge is 0.266 e. The van der Waals surface area contributed by atoms with E-state index in [1.165, 1.54) is 45.4 Å². The van der Waals surface area contributed by atoms with E-state index in [-0.39, 0.29) is 0 Å². The third-order valence-corrected chi connectivity index (χ3v) is 2.14. The minimum Gasteiger partial charge on any atom is -0.199 e. The number of nitrogens with zero attached hydrogens (tertiary/aromatic N) is 1. The zero-order chi connectivity index (χ0) is 18.4. The van der Waals surface area contributed by atoms with Crippen molar-refractivity contribution in [2.45, 2.75) is 53.0 Å². The monoisotopic (exact) mass is 493 g/mol.